The zero-order valence-corrected chi connectivity index (χ0v) is 18.4. The Balaban J connectivity index is 5.15. The molecule has 0 heterocycles. The molecule has 158 valence electrons. The Kier molecular flexibility index (Phi) is 13.4. The van der Waals surface area contributed by atoms with Gasteiger partial charge in [-0.25, -0.2) is 0 Å². The molecule has 2 amide bonds. The van der Waals surface area contributed by atoms with Crippen molar-refractivity contribution in [2.75, 3.05) is 19.8 Å². The van der Waals surface area contributed by atoms with Gasteiger partial charge in [0.15, 0.2) is 0 Å². The van der Waals surface area contributed by atoms with Crippen LogP contribution in [0.1, 0.15) is 53.4 Å². The maximum absolute atomic E-state index is 12.8. The number of nitrogens with one attached hydrogen (secondary N) is 3. The molecule has 0 saturated heterocycles. The Hall–Kier alpha value is -1.12. The molecule has 0 aliphatic carbocycles. The van der Waals surface area contributed by atoms with Crippen LogP contribution in [0.4, 0.5) is 0 Å². The van der Waals surface area contributed by atoms with Crippen LogP contribution in [-0.4, -0.2) is 54.9 Å². The smallest absolute Gasteiger partial charge is 0.243 e. The number of nitrogens with two attached hydrogens (primary N) is 1. The van der Waals surface area contributed by atoms with Crippen molar-refractivity contribution in [2.45, 2.75) is 71.5 Å². The van der Waals surface area contributed by atoms with Crippen molar-refractivity contribution in [3.8, 4) is 0 Å². The summed E-state index contributed by atoms with van der Waals surface area (Å²) in [5.74, 6) is -0.195. The lowest BCUT2D eigenvalue weighted by Gasteiger charge is -2.26. The number of carbonyl (C=O) groups is 3. The van der Waals surface area contributed by atoms with Gasteiger partial charge in [0, 0.05) is 0 Å². The molecule has 0 aromatic heterocycles. The molecular weight excluding hydrogens is 364 g/mol. The fourth-order valence-corrected chi connectivity index (χ4v) is 3.35. The van der Waals surface area contributed by atoms with E-state index in [1.807, 2.05) is 27.7 Å². The number of rotatable bonds is 13. The molecular formula is C19H38N4O3S. The van der Waals surface area contributed by atoms with Crippen LogP contribution < -0.4 is 21.7 Å². The maximum Gasteiger partial charge on any atom is 0.243 e. The molecule has 0 radical (unpaired) electrons. The van der Waals surface area contributed by atoms with Crippen molar-refractivity contribution < 1.29 is 14.4 Å². The first-order valence-electron chi connectivity index (χ1n) is 9.73. The fourth-order valence-electron chi connectivity index (χ4n) is 2.89. The third kappa shape index (κ3) is 10.1. The lowest BCUT2D eigenvalue weighted by atomic mass is 9.99. The normalized spacial score (nSPS) is 14.7. The molecule has 7 nitrogen and oxygen atoms in total. The van der Waals surface area contributed by atoms with E-state index in [4.69, 9.17) is 5.73 Å². The van der Waals surface area contributed by atoms with E-state index in [0.717, 1.165) is 24.6 Å². The van der Waals surface area contributed by atoms with Crippen LogP contribution in [0.25, 0.3) is 0 Å². The summed E-state index contributed by atoms with van der Waals surface area (Å²) in [7, 11) is 1.73. The second kappa shape index (κ2) is 14.0. The third-order valence-corrected chi connectivity index (χ3v) is 5.04. The molecule has 0 spiro atoms. The Bertz CT molecular complexity index is 472. The predicted octanol–water partition coefficient (Wildman–Crippen LogP) is 1.26. The Morgan fingerprint density at radius 2 is 1.56 bits per heavy atom. The molecule has 3 atom stereocenters. The molecule has 0 bridgehead atoms. The first-order chi connectivity index (χ1) is 12.7. The van der Waals surface area contributed by atoms with E-state index in [2.05, 4.69) is 16.0 Å². The number of thioether (sulfide) groups is 1. The molecule has 0 fully saturated rings. The summed E-state index contributed by atoms with van der Waals surface area (Å²) in [6.45, 7) is 8.44. The second-order valence-corrected chi connectivity index (χ2v) is 8.38. The highest BCUT2D eigenvalue weighted by Gasteiger charge is 2.29. The Morgan fingerprint density at radius 1 is 0.963 bits per heavy atom. The summed E-state index contributed by atoms with van der Waals surface area (Å²) in [5, 5.41) is 8.61. The standard InChI is InChI=1S/C19H38N4O3S/c1-12(2)11-15(23-18(25)16(21-5)13(3)4)17(24)22-14(19(26)27-6)9-7-8-10-20/h12-16,21H,7-11,20H2,1-6H3,(H,22,24)(H,23,25)/t14?,15-,16?/m0/s1. The average Bonchev–Trinajstić information content (AvgIpc) is 2.59. The molecule has 8 heteroatoms. The molecule has 0 aliphatic heterocycles. The van der Waals surface area contributed by atoms with Gasteiger partial charge in [0.2, 0.25) is 16.9 Å². The van der Waals surface area contributed by atoms with E-state index in [0.29, 0.717) is 19.4 Å². The van der Waals surface area contributed by atoms with Gasteiger partial charge < -0.3 is 21.7 Å². The van der Waals surface area contributed by atoms with Crippen LogP contribution in [-0.2, 0) is 14.4 Å². The summed E-state index contributed by atoms with van der Waals surface area (Å²) < 4.78 is 0. The van der Waals surface area contributed by atoms with Gasteiger partial charge in [-0.3, -0.25) is 14.4 Å². The number of carbonyl (C=O) groups excluding carboxylic acids is 3. The van der Waals surface area contributed by atoms with Crippen LogP contribution in [0, 0.1) is 11.8 Å². The molecule has 5 N–H and O–H groups in total. The van der Waals surface area contributed by atoms with Crippen LogP contribution in [0.5, 0.6) is 0 Å². The quantitative estimate of drug-likeness (QED) is 0.345. The largest absolute Gasteiger partial charge is 0.344 e. The van der Waals surface area contributed by atoms with Crippen molar-refractivity contribution in [3.63, 3.8) is 0 Å². The van der Waals surface area contributed by atoms with E-state index in [1.54, 1.807) is 13.3 Å². The number of amides is 2. The Labute approximate surface area is 168 Å². The first kappa shape index (κ1) is 25.9. The lowest BCUT2D eigenvalue weighted by molar-refractivity contribution is -0.132. The number of likely N-dealkylation sites (N-methyl/N-ethyl adjacent to an activating group) is 1. The highest BCUT2D eigenvalue weighted by atomic mass is 32.2. The van der Waals surface area contributed by atoms with Gasteiger partial charge in [-0.2, -0.15) is 0 Å². The van der Waals surface area contributed by atoms with Crippen LogP contribution in [0.3, 0.4) is 0 Å². The number of hydrogen-bond acceptors (Lipinski definition) is 6. The average molecular weight is 403 g/mol. The highest BCUT2D eigenvalue weighted by Crippen LogP contribution is 2.12. The minimum Gasteiger partial charge on any atom is -0.344 e. The van der Waals surface area contributed by atoms with Crippen molar-refractivity contribution >= 4 is 28.7 Å². The van der Waals surface area contributed by atoms with Gasteiger partial charge >= 0.3 is 0 Å². The van der Waals surface area contributed by atoms with Gasteiger partial charge in [-0.15, -0.1) is 0 Å². The van der Waals surface area contributed by atoms with Crippen LogP contribution >= 0.6 is 11.8 Å². The summed E-state index contributed by atoms with van der Waals surface area (Å²) in [5.41, 5.74) is 5.52. The molecule has 0 aromatic rings. The summed E-state index contributed by atoms with van der Waals surface area (Å²) in [4.78, 5) is 37.6. The van der Waals surface area contributed by atoms with E-state index < -0.39 is 12.1 Å². The van der Waals surface area contributed by atoms with Gasteiger partial charge in [0.1, 0.15) is 6.04 Å². The monoisotopic (exact) mass is 402 g/mol. The third-order valence-electron chi connectivity index (χ3n) is 4.35. The molecule has 2 unspecified atom stereocenters. The van der Waals surface area contributed by atoms with Gasteiger partial charge in [0.25, 0.3) is 0 Å². The van der Waals surface area contributed by atoms with E-state index >= 15 is 0 Å². The SMILES string of the molecule is CNC(C(=O)N[C@@H](CC(C)C)C(=O)NC(CCCCN)C(=O)SC)C(C)C. The van der Waals surface area contributed by atoms with Crippen molar-refractivity contribution in [1.82, 2.24) is 16.0 Å². The molecule has 0 aliphatic rings. The number of hydrogen-bond donors (Lipinski definition) is 4. The van der Waals surface area contributed by atoms with Crippen molar-refractivity contribution in [3.05, 3.63) is 0 Å². The molecule has 27 heavy (non-hydrogen) atoms. The maximum atomic E-state index is 12.8. The molecule has 0 saturated carbocycles. The van der Waals surface area contributed by atoms with Crippen molar-refractivity contribution in [1.29, 1.82) is 0 Å². The van der Waals surface area contributed by atoms with Crippen molar-refractivity contribution in [2.24, 2.45) is 17.6 Å². The summed E-state index contributed by atoms with van der Waals surface area (Å²) >= 11 is 1.10. The van der Waals surface area contributed by atoms with Gasteiger partial charge in [-0.05, 0) is 57.4 Å². The topological polar surface area (TPSA) is 113 Å². The van der Waals surface area contributed by atoms with E-state index in [9.17, 15) is 14.4 Å². The van der Waals surface area contributed by atoms with E-state index in [-0.39, 0.29) is 34.8 Å². The molecule has 0 rings (SSSR count). The fraction of sp³-hybridized carbons (Fsp3) is 0.842. The predicted molar refractivity (Wildman–Crippen MR) is 112 cm³/mol. The van der Waals surface area contributed by atoms with Crippen LogP contribution in [0.15, 0.2) is 0 Å². The minimum atomic E-state index is -0.668. The number of unbranched alkanes of at least 4 members (excludes halogenated alkanes) is 1. The zero-order chi connectivity index (χ0) is 21.0. The lowest BCUT2D eigenvalue weighted by Crippen LogP contribution is -2.55. The summed E-state index contributed by atoms with van der Waals surface area (Å²) in [6, 6.07) is -1.60. The Morgan fingerprint density at radius 3 is 2.00 bits per heavy atom. The first-order valence-corrected chi connectivity index (χ1v) is 11.0. The van der Waals surface area contributed by atoms with Gasteiger partial charge in [0.05, 0.1) is 12.1 Å². The highest BCUT2D eigenvalue weighted by molar-refractivity contribution is 8.13. The second-order valence-electron chi connectivity index (χ2n) is 7.57. The summed E-state index contributed by atoms with van der Waals surface area (Å²) in [6.07, 6.45) is 4.34. The minimum absolute atomic E-state index is 0.0784. The molecule has 0 aromatic carbocycles. The van der Waals surface area contributed by atoms with Crippen LogP contribution in [0.2, 0.25) is 0 Å². The van der Waals surface area contributed by atoms with E-state index in [1.165, 1.54) is 0 Å². The zero-order valence-electron chi connectivity index (χ0n) is 17.6. The van der Waals surface area contributed by atoms with Gasteiger partial charge in [-0.1, -0.05) is 39.5 Å².